The molecule has 0 saturated carbocycles. The van der Waals surface area contributed by atoms with E-state index in [1.54, 1.807) is 0 Å². The van der Waals surface area contributed by atoms with E-state index in [0.29, 0.717) is 18.4 Å². The van der Waals surface area contributed by atoms with Gasteiger partial charge in [0.25, 0.3) is 0 Å². The van der Waals surface area contributed by atoms with Crippen LogP contribution in [0.25, 0.3) is 0 Å². The summed E-state index contributed by atoms with van der Waals surface area (Å²) in [5, 5.41) is 0. The lowest BCUT2D eigenvalue weighted by Crippen LogP contribution is -2.44. The van der Waals surface area contributed by atoms with Crippen molar-refractivity contribution in [3.05, 3.63) is 35.4 Å². The van der Waals surface area contributed by atoms with Crippen LogP contribution in [0.1, 0.15) is 42.7 Å². The Balaban J connectivity index is 1.62. The summed E-state index contributed by atoms with van der Waals surface area (Å²) >= 11 is 0. The molecule has 0 bridgehead atoms. The molecule has 0 spiro atoms. The highest BCUT2D eigenvalue weighted by molar-refractivity contribution is 5.69. The van der Waals surface area contributed by atoms with Crippen molar-refractivity contribution < 1.29 is 9.53 Å². The number of carbonyl (C=O) groups is 1. The van der Waals surface area contributed by atoms with E-state index in [-0.39, 0.29) is 5.97 Å². The number of methoxy groups -OCH3 is 1. The number of fused-ring (bicyclic) bond motifs is 1. The van der Waals surface area contributed by atoms with Gasteiger partial charge in [0.2, 0.25) is 0 Å². The number of likely N-dealkylation sites (tertiary alicyclic amines) is 1. The van der Waals surface area contributed by atoms with E-state index < -0.39 is 0 Å². The van der Waals surface area contributed by atoms with Gasteiger partial charge in [0.05, 0.1) is 13.5 Å². The van der Waals surface area contributed by atoms with Crippen molar-refractivity contribution in [2.75, 3.05) is 20.2 Å². The van der Waals surface area contributed by atoms with Gasteiger partial charge < -0.3 is 4.74 Å². The van der Waals surface area contributed by atoms with Gasteiger partial charge in [0.15, 0.2) is 0 Å². The Morgan fingerprint density at radius 1 is 1.35 bits per heavy atom. The van der Waals surface area contributed by atoms with Gasteiger partial charge in [-0.3, -0.25) is 9.69 Å². The van der Waals surface area contributed by atoms with Gasteiger partial charge in [-0.05, 0) is 36.9 Å². The lowest BCUT2D eigenvalue weighted by atomic mass is 9.77. The van der Waals surface area contributed by atoms with Crippen LogP contribution in [0, 0.1) is 0 Å². The standard InChI is InChI=1S/C17H23NO2/c1-20-17(19)11-15-7-4-5-9-18(15)12-14-10-13-6-2-3-8-16(13)14/h2-3,6,8,14-15H,4-5,7,9-12H2,1H3. The molecular formula is C17H23NO2. The Morgan fingerprint density at radius 2 is 2.20 bits per heavy atom. The summed E-state index contributed by atoms with van der Waals surface area (Å²) < 4.78 is 4.84. The predicted molar refractivity (Wildman–Crippen MR) is 78.7 cm³/mol. The lowest BCUT2D eigenvalue weighted by molar-refractivity contribution is -0.142. The van der Waals surface area contributed by atoms with Crippen molar-refractivity contribution in [1.82, 2.24) is 4.90 Å². The zero-order chi connectivity index (χ0) is 13.9. The predicted octanol–water partition coefficient (Wildman–Crippen LogP) is 2.74. The minimum absolute atomic E-state index is 0.0732. The summed E-state index contributed by atoms with van der Waals surface area (Å²) in [6.45, 7) is 2.22. The highest BCUT2D eigenvalue weighted by atomic mass is 16.5. The van der Waals surface area contributed by atoms with Gasteiger partial charge >= 0.3 is 5.97 Å². The fourth-order valence-corrected chi connectivity index (χ4v) is 3.62. The molecule has 1 heterocycles. The van der Waals surface area contributed by atoms with Crippen molar-refractivity contribution >= 4 is 5.97 Å². The van der Waals surface area contributed by atoms with E-state index in [0.717, 1.165) is 19.5 Å². The number of benzene rings is 1. The SMILES string of the molecule is COC(=O)CC1CCCCN1CC1Cc2ccccc21. The third kappa shape index (κ3) is 2.73. The Bertz CT molecular complexity index is 486. The van der Waals surface area contributed by atoms with Gasteiger partial charge in [0.1, 0.15) is 0 Å². The molecule has 20 heavy (non-hydrogen) atoms. The van der Waals surface area contributed by atoms with Crippen LogP contribution < -0.4 is 0 Å². The zero-order valence-corrected chi connectivity index (χ0v) is 12.2. The normalized spacial score (nSPS) is 25.6. The van der Waals surface area contributed by atoms with Crippen LogP contribution in [0.3, 0.4) is 0 Å². The van der Waals surface area contributed by atoms with E-state index in [4.69, 9.17) is 4.74 Å². The number of piperidine rings is 1. The van der Waals surface area contributed by atoms with Crippen LogP contribution in [0.4, 0.5) is 0 Å². The van der Waals surface area contributed by atoms with Crippen LogP contribution in [0.15, 0.2) is 24.3 Å². The molecule has 2 aliphatic rings. The van der Waals surface area contributed by atoms with E-state index in [2.05, 4.69) is 29.2 Å². The molecule has 1 saturated heterocycles. The molecule has 0 radical (unpaired) electrons. The monoisotopic (exact) mass is 273 g/mol. The first-order valence-corrected chi connectivity index (χ1v) is 7.66. The van der Waals surface area contributed by atoms with Gasteiger partial charge in [-0.1, -0.05) is 30.7 Å². The number of nitrogens with zero attached hydrogens (tertiary/aromatic N) is 1. The van der Waals surface area contributed by atoms with Crippen molar-refractivity contribution in [3.8, 4) is 0 Å². The Morgan fingerprint density at radius 3 is 3.00 bits per heavy atom. The molecule has 3 nitrogen and oxygen atoms in total. The molecule has 1 aliphatic heterocycles. The fourth-order valence-electron chi connectivity index (χ4n) is 3.62. The summed E-state index contributed by atoms with van der Waals surface area (Å²) in [4.78, 5) is 14.1. The van der Waals surface area contributed by atoms with E-state index in [9.17, 15) is 4.79 Å². The Labute approximate surface area is 120 Å². The maximum atomic E-state index is 11.5. The van der Waals surface area contributed by atoms with Crippen LogP contribution in [-0.2, 0) is 16.0 Å². The largest absolute Gasteiger partial charge is 0.469 e. The quantitative estimate of drug-likeness (QED) is 0.790. The van der Waals surface area contributed by atoms with Crippen molar-refractivity contribution in [1.29, 1.82) is 0 Å². The maximum absolute atomic E-state index is 11.5. The molecule has 1 aromatic carbocycles. The van der Waals surface area contributed by atoms with Crippen LogP contribution in [0.2, 0.25) is 0 Å². The van der Waals surface area contributed by atoms with Gasteiger partial charge in [-0.15, -0.1) is 0 Å². The average Bonchev–Trinajstić information content (AvgIpc) is 2.46. The first-order valence-electron chi connectivity index (χ1n) is 7.66. The van der Waals surface area contributed by atoms with Gasteiger partial charge in [0, 0.05) is 18.5 Å². The number of esters is 1. The first kappa shape index (κ1) is 13.6. The number of rotatable bonds is 4. The minimum atomic E-state index is -0.0732. The topological polar surface area (TPSA) is 29.5 Å². The number of hydrogen-bond acceptors (Lipinski definition) is 3. The first-order chi connectivity index (χ1) is 9.78. The van der Waals surface area contributed by atoms with E-state index in [1.807, 2.05) is 0 Å². The highest BCUT2D eigenvalue weighted by Gasteiger charge is 2.31. The fraction of sp³-hybridized carbons (Fsp3) is 0.588. The number of ether oxygens (including phenoxy) is 1. The smallest absolute Gasteiger partial charge is 0.307 e. The molecule has 1 aliphatic carbocycles. The van der Waals surface area contributed by atoms with Crippen molar-refractivity contribution in [2.45, 2.75) is 44.1 Å². The summed E-state index contributed by atoms with van der Waals surface area (Å²) in [7, 11) is 1.48. The van der Waals surface area contributed by atoms with E-state index >= 15 is 0 Å². The maximum Gasteiger partial charge on any atom is 0.307 e. The van der Waals surface area contributed by atoms with Crippen molar-refractivity contribution in [2.24, 2.45) is 0 Å². The number of hydrogen-bond donors (Lipinski definition) is 0. The summed E-state index contributed by atoms with van der Waals surface area (Å²) in [6, 6.07) is 9.11. The highest BCUT2D eigenvalue weighted by Crippen LogP contribution is 2.36. The lowest BCUT2D eigenvalue weighted by Gasteiger charge is -2.40. The Hall–Kier alpha value is -1.35. The molecule has 108 valence electrons. The van der Waals surface area contributed by atoms with Crippen molar-refractivity contribution in [3.63, 3.8) is 0 Å². The molecule has 1 fully saturated rings. The molecule has 2 atom stereocenters. The third-order valence-corrected chi connectivity index (χ3v) is 4.80. The molecule has 2 unspecified atom stereocenters. The second-order valence-corrected chi connectivity index (χ2v) is 6.02. The second kappa shape index (κ2) is 5.96. The van der Waals surface area contributed by atoms with Crippen LogP contribution in [0.5, 0.6) is 0 Å². The summed E-state index contributed by atoms with van der Waals surface area (Å²) in [5.74, 6) is 0.584. The average molecular weight is 273 g/mol. The molecule has 0 aromatic heterocycles. The molecule has 3 heteroatoms. The third-order valence-electron chi connectivity index (χ3n) is 4.80. The van der Waals surface area contributed by atoms with Gasteiger partial charge in [-0.2, -0.15) is 0 Å². The van der Waals surface area contributed by atoms with Crippen LogP contribution in [-0.4, -0.2) is 37.1 Å². The second-order valence-electron chi connectivity index (χ2n) is 6.02. The number of carbonyl (C=O) groups excluding carboxylic acids is 1. The summed E-state index contributed by atoms with van der Waals surface area (Å²) in [6.07, 6.45) is 5.36. The summed E-state index contributed by atoms with van der Waals surface area (Å²) in [5.41, 5.74) is 3.01. The molecule has 0 N–H and O–H groups in total. The molecule has 1 aromatic rings. The molecule has 0 amide bonds. The molecular weight excluding hydrogens is 250 g/mol. The molecule has 3 rings (SSSR count). The zero-order valence-electron chi connectivity index (χ0n) is 12.2. The van der Waals surface area contributed by atoms with Gasteiger partial charge in [-0.25, -0.2) is 0 Å². The van der Waals surface area contributed by atoms with Crippen LogP contribution >= 0.6 is 0 Å². The Kier molecular flexibility index (Phi) is 4.06. The minimum Gasteiger partial charge on any atom is -0.469 e. The van der Waals surface area contributed by atoms with E-state index in [1.165, 1.54) is 37.5 Å².